The second-order valence-corrected chi connectivity index (χ2v) is 10.9. The lowest BCUT2D eigenvalue weighted by atomic mass is 9.78. The van der Waals surface area contributed by atoms with Crippen molar-refractivity contribution in [3.05, 3.63) is 95.0 Å². The number of fused-ring (bicyclic) bond motifs is 2. The van der Waals surface area contributed by atoms with Crippen molar-refractivity contribution in [2.45, 2.75) is 26.7 Å². The standard InChI is InChI=1S/C31H30N6O2S/c1-4-11-31(17-22-6-5-12-40-22,29(38)36-20-7-9-27-23(15-20)25(32)13-18(2)34-27)30(39)37-21-8-10-28-24(16-21)26(33)14-19(3)35-28/h4-10,12-16H,1,11,17H2,2-3H3,(H2,32,34)(H2,33,35)(H,36,38)(H,37,39). The number of anilines is 4. The third kappa shape index (κ3) is 5.23. The number of hydrogen-bond donors (Lipinski definition) is 4. The van der Waals surface area contributed by atoms with Crippen LogP contribution in [-0.4, -0.2) is 21.8 Å². The maximum Gasteiger partial charge on any atom is 0.240 e. The van der Waals surface area contributed by atoms with E-state index in [9.17, 15) is 9.59 Å². The van der Waals surface area contributed by atoms with Crippen LogP contribution in [0.25, 0.3) is 21.8 Å². The van der Waals surface area contributed by atoms with Gasteiger partial charge in [0.15, 0.2) is 0 Å². The van der Waals surface area contributed by atoms with Gasteiger partial charge in [-0.3, -0.25) is 19.6 Å². The van der Waals surface area contributed by atoms with Crippen LogP contribution >= 0.6 is 11.3 Å². The monoisotopic (exact) mass is 550 g/mol. The van der Waals surface area contributed by atoms with E-state index in [2.05, 4.69) is 27.2 Å². The Morgan fingerprint density at radius 2 is 1.40 bits per heavy atom. The zero-order valence-electron chi connectivity index (χ0n) is 22.3. The van der Waals surface area contributed by atoms with Gasteiger partial charge >= 0.3 is 0 Å². The van der Waals surface area contributed by atoms with E-state index in [1.165, 1.54) is 11.3 Å². The number of amides is 2. The van der Waals surface area contributed by atoms with Crippen LogP contribution in [0.1, 0.15) is 22.7 Å². The quantitative estimate of drug-likeness (QED) is 0.138. The van der Waals surface area contributed by atoms with Gasteiger partial charge in [-0.2, -0.15) is 0 Å². The van der Waals surface area contributed by atoms with E-state index in [1.807, 2.05) is 31.4 Å². The molecule has 0 radical (unpaired) electrons. The number of nitrogens with zero attached hydrogens (tertiary/aromatic N) is 2. The van der Waals surface area contributed by atoms with Crippen molar-refractivity contribution in [1.29, 1.82) is 0 Å². The van der Waals surface area contributed by atoms with Crippen molar-refractivity contribution in [3.8, 4) is 0 Å². The normalized spacial score (nSPS) is 11.4. The number of carbonyl (C=O) groups is 2. The van der Waals surface area contributed by atoms with Crippen molar-refractivity contribution in [2.24, 2.45) is 5.41 Å². The van der Waals surface area contributed by atoms with Crippen LogP contribution in [0.2, 0.25) is 0 Å². The summed E-state index contributed by atoms with van der Waals surface area (Å²) in [7, 11) is 0. The molecule has 9 heteroatoms. The topological polar surface area (TPSA) is 136 Å². The van der Waals surface area contributed by atoms with E-state index in [-0.39, 0.29) is 12.8 Å². The molecule has 0 atom stereocenters. The molecule has 2 amide bonds. The molecule has 0 aliphatic carbocycles. The van der Waals surface area contributed by atoms with Gasteiger partial charge in [0.25, 0.3) is 0 Å². The van der Waals surface area contributed by atoms with Gasteiger partial charge < -0.3 is 22.1 Å². The number of nitrogens with one attached hydrogen (secondary N) is 2. The van der Waals surface area contributed by atoms with Crippen molar-refractivity contribution in [1.82, 2.24) is 9.97 Å². The molecule has 5 rings (SSSR count). The summed E-state index contributed by atoms with van der Waals surface area (Å²) in [4.78, 5) is 38.1. The predicted molar refractivity (Wildman–Crippen MR) is 164 cm³/mol. The number of benzene rings is 2. The summed E-state index contributed by atoms with van der Waals surface area (Å²) in [6, 6.07) is 18.1. The molecule has 3 heterocycles. The smallest absolute Gasteiger partial charge is 0.240 e. The number of nitrogen functional groups attached to an aromatic ring is 2. The van der Waals surface area contributed by atoms with Crippen LogP contribution in [0.5, 0.6) is 0 Å². The van der Waals surface area contributed by atoms with E-state index < -0.39 is 17.2 Å². The zero-order chi connectivity index (χ0) is 28.4. The van der Waals surface area contributed by atoms with Crippen LogP contribution in [0.4, 0.5) is 22.7 Å². The summed E-state index contributed by atoms with van der Waals surface area (Å²) in [5, 5.41) is 9.30. The summed E-state index contributed by atoms with van der Waals surface area (Å²) in [5.74, 6) is -0.900. The van der Waals surface area contributed by atoms with E-state index in [1.54, 1.807) is 54.6 Å². The number of allylic oxidation sites excluding steroid dienone is 1. The molecular formula is C31H30N6O2S. The first-order valence-electron chi connectivity index (χ1n) is 12.8. The highest BCUT2D eigenvalue weighted by atomic mass is 32.1. The second kappa shape index (κ2) is 10.8. The molecule has 0 fully saturated rings. The number of hydrogen-bond acceptors (Lipinski definition) is 7. The third-order valence-corrected chi connectivity index (χ3v) is 7.75. The number of pyridine rings is 2. The Hall–Kier alpha value is -4.76. The molecule has 0 bridgehead atoms. The van der Waals surface area contributed by atoms with Crippen LogP contribution < -0.4 is 22.1 Å². The Morgan fingerprint density at radius 1 is 0.875 bits per heavy atom. The van der Waals surface area contributed by atoms with Crippen molar-refractivity contribution < 1.29 is 9.59 Å². The molecule has 5 aromatic rings. The fourth-order valence-corrected chi connectivity index (χ4v) is 5.73. The van der Waals surface area contributed by atoms with E-state index in [4.69, 9.17) is 11.5 Å². The Labute approximate surface area is 236 Å². The molecule has 0 aliphatic rings. The lowest BCUT2D eigenvalue weighted by Gasteiger charge is -2.30. The average molecular weight is 551 g/mol. The lowest BCUT2D eigenvalue weighted by molar-refractivity contribution is -0.137. The number of nitrogens with two attached hydrogens (primary N) is 2. The molecular weight excluding hydrogens is 520 g/mol. The van der Waals surface area contributed by atoms with Crippen molar-refractivity contribution in [3.63, 3.8) is 0 Å². The van der Waals surface area contributed by atoms with Gasteiger partial charge in [-0.15, -0.1) is 17.9 Å². The van der Waals surface area contributed by atoms with Gasteiger partial charge in [0, 0.05) is 56.2 Å². The summed E-state index contributed by atoms with van der Waals surface area (Å²) in [6.45, 7) is 7.62. The first-order valence-corrected chi connectivity index (χ1v) is 13.7. The first kappa shape index (κ1) is 26.8. The van der Waals surface area contributed by atoms with Gasteiger partial charge in [-0.25, -0.2) is 0 Å². The molecule has 3 aromatic heterocycles. The molecule has 0 saturated heterocycles. The molecule has 8 nitrogen and oxygen atoms in total. The maximum atomic E-state index is 14.1. The van der Waals surface area contributed by atoms with Gasteiger partial charge in [0.1, 0.15) is 5.41 Å². The van der Waals surface area contributed by atoms with Gasteiger partial charge in [-0.05, 0) is 80.2 Å². The average Bonchev–Trinajstić information content (AvgIpc) is 3.42. The fourth-order valence-electron chi connectivity index (χ4n) is 4.91. The van der Waals surface area contributed by atoms with Crippen LogP contribution in [0, 0.1) is 19.3 Å². The van der Waals surface area contributed by atoms with Gasteiger partial charge in [-0.1, -0.05) is 12.1 Å². The first-order chi connectivity index (χ1) is 19.2. The fraction of sp³-hybridized carbons (Fsp3) is 0.161. The summed E-state index contributed by atoms with van der Waals surface area (Å²) in [6.07, 6.45) is 1.92. The molecule has 0 unspecified atom stereocenters. The Kier molecular flexibility index (Phi) is 7.23. The molecule has 0 spiro atoms. The highest BCUT2D eigenvalue weighted by Gasteiger charge is 2.45. The van der Waals surface area contributed by atoms with Gasteiger partial charge in [0.05, 0.1) is 11.0 Å². The molecule has 0 saturated carbocycles. The minimum Gasteiger partial charge on any atom is -0.398 e. The van der Waals surface area contributed by atoms with Crippen molar-refractivity contribution >= 4 is 67.7 Å². The van der Waals surface area contributed by atoms with Crippen LogP contribution in [0.3, 0.4) is 0 Å². The Bertz CT molecular complexity index is 1660. The minimum atomic E-state index is -1.48. The van der Waals surface area contributed by atoms with Crippen LogP contribution in [-0.2, 0) is 16.0 Å². The Morgan fingerprint density at radius 3 is 1.85 bits per heavy atom. The molecule has 6 N–H and O–H groups in total. The van der Waals surface area contributed by atoms with Crippen molar-refractivity contribution in [2.75, 3.05) is 22.1 Å². The lowest BCUT2D eigenvalue weighted by Crippen LogP contribution is -2.47. The third-order valence-electron chi connectivity index (χ3n) is 6.87. The molecule has 2 aromatic carbocycles. The predicted octanol–water partition coefficient (Wildman–Crippen LogP) is 6.01. The minimum absolute atomic E-state index is 0.121. The Balaban J connectivity index is 1.52. The van der Waals surface area contributed by atoms with E-state index in [0.717, 1.165) is 38.1 Å². The van der Waals surface area contributed by atoms with E-state index in [0.29, 0.717) is 22.7 Å². The largest absolute Gasteiger partial charge is 0.398 e. The summed E-state index contributed by atoms with van der Waals surface area (Å²) >= 11 is 1.49. The zero-order valence-corrected chi connectivity index (χ0v) is 23.1. The van der Waals surface area contributed by atoms with Crippen LogP contribution in [0.15, 0.2) is 78.7 Å². The number of rotatable bonds is 8. The highest BCUT2D eigenvalue weighted by molar-refractivity contribution is 7.09. The highest BCUT2D eigenvalue weighted by Crippen LogP contribution is 2.35. The maximum absolute atomic E-state index is 14.1. The number of thiophene rings is 1. The number of aromatic nitrogens is 2. The summed E-state index contributed by atoms with van der Waals surface area (Å²) < 4.78 is 0. The SMILES string of the molecule is C=CCC(Cc1cccs1)(C(=O)Nc1ccc2nc(C)cc(N)c2c1)C(=O)Nc1ccc2nc(C)cc(N)c2c1. The summed E-state index contributed by atoms with van der Waals surface area (Å²) in [5.41, 5.74) is 16.2. The second-order valence-electron chi connectivity index (χ2n) is 9.91. The van der Waals surface area contributed by atoms with E-state index >= 15 is 0 Å². The molecule has 0 aliphatic heterocycles. The molecule has 40 heavy (non-hydrogen) atoms. The number of carbonyl (C=O) groups excluding carboxylic acids is 2. The molecule has 202 valence electrons. The van der Waals surface area contributed by atoms with Gasteiger partial charge in [0.2, 0.25) is 11.8 Å². The number of aryl methyl sites for hydroxylation is 2.